The largest absolute Gasteiger partial charge is 0.379 e. The average molecular weight is 376 g/mol. The van der Waals surface area contributed by atoms with Crippen molar-refractivity contribution in [2.24, 2.45) is 5.73 Å². The molecule has 2 heterocycles. The summed E-state index contributed by atoms with van der Waals surface area (Å²) in [7, 11) is -3.69. The molecular formula is C15H25N3O4S2. The van der Waals surface area contributed by atoms with E-state index in [9.17, 15) is 13.2 Å². The van der Waals surface area contributed by atoms with Crippen LogP contribution >= 0.6 is 11.3 Å². The number of nitrogens with zero attached hydrogens (tertiary/aromatic N) is 1. The molecule has 1 saturated heterocycles. The van der Waals surface area contributed by atoms with Crippen LogP contribution in [0.3, 0.4) is 0 Å². The molecule has 0 bridgehead atoms. The first-order chi connectivity index (χ1) is 11.3. The first-order valence-corrected chi connectivity index (χ1v) is 10.4. The van der Waals surface area contributed by atoms with Crippen molar-refractivity contribution in [2.75, 3.05) is 32.8 Å². The minimum absolute atomic E-state index is 0.0579. The van der Waals surface area contributed by atoms with E-state index >= 15 is 0 Å². The van der Waals surface area contributed by atoms with Crippen molar-refractivity contribution in [3.8, 4) is 0 Å². The molecule has 0 aromatic carbocycles. The summed E-state index contributed by atoms with van der Waals surface area (Å²) >= 11 is 1.12. The fourth-order valence-corrected chi connectivity index (χ4v) is 5.15. The van der Waals surface area contributed by atoms with Crippen LogP contribution in [-0.2, 0) is 14.8 Å². The summed E-state index contributed by atoms with van der Waals surface area (Å²) in [5.74, 6) is -0.395. The smallest absolute Gasteiger partial charge is 0.262 e. The maximum absolute atomic E-state index is 12.8. The van der Waals surface area contributed by atoms with Gasteiger partial charge in [0.2, 0.25) is 10.0 Å². The molecule has 1 aromatic rings. The van der Waals surface area contributed by atoms with Crippen LogP contribution in [-0.4, -0.2) is 57.0 Å². The number of nitrogens with one attached hydrogen (secondary N) is 1. The third kappa shape index (κ3) is 4.15. The number of ether oxygens (including phenoxy) is 1. The van der Waals surface area contributed by atoms with E-state index in [1.54, 1.807) is 5.38 Å². The van der Waals surface area contributed by atoms with Crippen LogP contribution in [0.15, 0.2) is 16.3 Å². The Kier molecular flexibility index (Phi) is 6.38. The predicted molar refractivity (Wildman–Crippen MR) is 93.7 cm³/mol. The molecular weight excluding hydrogens is 350 g/mol. The quantitative estimate of drug-likeness (QED) is 0.741. The zero-order valence-corrected chi connectivity index (χ0v) is 15.7. The second kappa shape index (κ2) is 7.92. The Morgan fingerprint density at radius 3 is 2.58 bits per heavy atom. The number of thiophene rings is 1. The summed E-state index contributed by atoms with van der Waals surface area (Å²) in [5.41, 5.74) is 5.71. The predicted octanol–water partition coefficient (Wildman–Crippen LogP) is 1.02. The molecule has 1 amide bonds. The van der Waals surface area contributed by atoms with Gasteiger partial charge >= 0.3 is 0 Å². The fraction of sp³-hybridized carbons (Fsp3) is 0.667. The molecule has 1 fully saturated rings. The van der Waals surface area contributed by atoms with Gasteiger partial charge in [-0.05, 0) is 24.3 Å². The first-order valence-electron chi connectivity index (χ1n) is 8.06. The molecule has 9 heteroatoms. The summed E-state index contributed by atoms with van der Waals surface area (Å²) in [5, 5.41) is 4.40. The lowest BCUT2D eigenvalue weighted by Gasteiger charge is -2.27. The summed E-state index contributed by atoms with van der Waals surface area (Å²) in [4.78, 5) is 12.7. The maximum atomic E-state index is 12.8. The van der Waals surface area contributed by atoms with Gasteiger partial charge < -0.3 is 15.8 Å². The monoisotopic (exact) mass is 375 g/mol. The van der Waals surface area contributed by atoms with E-state index in [4.69, 9.17) is 10.5 Å². The highest BCUT2D eigenvalue weighted by Gasteiger charge is 2.31. The molecule has 136 valence electrons. The number of hydrogen-bond acceptors (Lipinski definition) is 6. The summed E-state index contributed by atoms with van der Waals surface area (Å²) in [6.07, 6.45) is 1.46. The number of morpholine rings is 1. The SMILES string of the molecule is CCC(N)(CC)CNC(=O)c1sccc1S(=O)(=O)N1CCOCC1. The number of amides is 1. The molecule has 0 aliphatic carbocycles. The Morgan fingerprint density at radius 1 is 1.38 bits per heavy atom. The molecule has 2 rings (SSSR count). The standard InChI is InChI=1S/C15H25N3O4S2/c1-3-15(16,4-2)11-17-14(19)13-12(5-10-23-13)24(20,21)18-6-8-22-9-7-18/h5,10H,3-4,6-9,11,16H2,1-2H3,(H,17,19). The number of nitrogens with two attached hydrogens (primary N) is 1. The lowest BCUT2D eigenvalue weighted by Crippen LogP contribution is -2.49. The van der Waals surface area contributed by atoms with E-state index in [2.05, 4.69) is 5.32 Å². The number of rotatable bonds is 7. The van der Waals surface area contributed by atoms with Crippen LogP contribution in [0.2, 0.25) is 0 Å². The molecule has 7 nitrogen and oxygen atoms in total. The van der Waals surface area contributed by atoms with E-state index in [0.717, 1.165) is 24.2 Å². The van der Waals surface area contributed by atoms with Crippen LogP contribution in [0.5, 0.6) is 0 Å². The second-order valence-electron chi connectivity index (χ2n) is 5.88. The third-order valence-corrected chi connectivity index (χ3v) is 7.42. The van der Waals surface area contributed by atoms with Gasteiger partial charge in [0, 0.05) is 25.2 Å². The summed E-state index contributed by atoms with van der Waals surface area (Å²) in [6, 6.07) is 1.49. The second-order valence-corrected chi connectivity index (χ2v) is 8.71. The summed E-state index contributed by atoms with van der Waals surface area (Å²) in [6.45, 7) is 5.59. The van der Waals surface area contributed by atoms with Gasteiger partial charge in [0.1, 0.15) is 9.77 Å². The number of carbonyl (C=O) groups excluding carboxylic acids is 1. The molecule has 1 aromatic heterocycles. The van der Waals surface area contributed by atoms with E-state index in [1.807, 2.05) is 13.8 Å². The molecule has 0 saturated carbocycles. The van der Waals surface area contributed by atoms with Gasteiger partial charge in [0.15, 0.2) is 0 Å². The highest BCUT2D eigenvalue weighted by atomic mass is 32.2. The van der Waals surface area contributed by atoms with Crippen molar-refractivity contribution in [1.82, 2.24) is 9.62 Å². The lowest BCUT2D eigenvalue weighted by atomic mass is 9.94. The summed E-state index contributed by atoms with van der Waals surface area (Å²) < 4.78 is 32.1. The molecule has 24 heavy (non-hydrogen) atoms. The van der Waals surface area contributed by atoms with Crippen molar-refractivity contribution in [3.05, 3.63) is 16.3 Å². The van der Waals surface area contributed by atoms with Gasteiger partial charge in [-0.1, -0.05) is 13.8 Å². The van der Waals surface area contributed by atoms with Crippen molar-refractivity contribution in [1.29, 1.82) is 0 Å². The van der Waals surface area contributed by atoms with Gasteiger partial charge in [-0.25, -0.2) is 8.42 Å². The minimum atomic E-state index is -3.69. The van der Waals surface area contributed by atoms with E-state index in [-0.39, 0.29) is 9.77 Å². The molecule has 0 unspecified atom stereocenters. The molecule has 0 atom stereocenters. The normalized spacial score (nSPS) is 17.0. The molecule has 1 aliphatic heterocycles. The highest BCUT2D eigenvalue weighted by molar-refractivity contribution is 7.89. The Balaban J connectivity index is 2.16. The molecule has 1 aliphatic rings. The van der Waals surface area contributed by atoms with Crippen molar-refractivity contribution < 1.29 is 17.9 Å². The first kappa shape index (κ1) is 19.3. The molecule has 0 spiro atoms. The maximum Gasteiger partial charge on any atom is 0.262 e. The Hall–Kier alpha value is -1.00. The van der Waals surface area contributed by atoms with Crippen molar-refractivity contribution >= 4 is 27.3 Å². The van der Waals surface area contributed by atoms with Crippen LogP contribution < -0.4 is 11.1 Å². The third-order valence-electron chi connectivity index (χ3n) is 4.43. The number of sulfonamides is 1. The minimum Gasteiger partial charge on any atom is -0.379 e. The fourth-order valence-electron chi connectivity index (χ4n) is 2.43. The Bertz CT molecular complexity index is 662. The van der Waals surface area contributed by atoms with Crippen LogP contribution in [0.4, 0.5) is 0 Å². The zero-order valence-electron chi connectivity index (χ0n) is 14.1. The number of hydrogen-bond donors (Lipinski definition) is 2. The average Bonchev–Trinajstić information content (AvgIpc) is 3.11. The van der Waals surface area contributed by atoms with Gasteiger partial charge in [0.25, 0.3) is 5.91 Å². The highest BCUT2D eigenvalue weighted by Crippen LogP contribution is 2.26. The Morgan fingerprint density at radius 2 is 2.00 bits per heavy atom. The van der Waals surface area contributed by atoms with Crippen LogP contribution in [0.1, 0.15) is 36.4 Å². The van der Waals surface area contributed by atoms with E-state index < -0.39 is 21.5 Å². The van der Waals surface area contributed by atoms with Gasteiger partial charge in [-0.2, -0.15) is 4.31 Å². The number of carbonyl (C=O) groups is 1. The topological polar surface area (TPSA) is 102 Å². The van der Waals surface area contributed by atoms with Gasteiger partial charge in [0.05, 0.1) is 13.2 Å². The van der Waals surface area contributed by atoms with E-state index in [1.165, 1.54) is 10.4 Å². The van der Waals surface area contributed by atoms with E-state index in [0.29, 0.717) is 32.8 Å². The van der Waals surface area contributed by atoms with Gasteiger partial charge in [-0.15, -0.1) is 11.3 Å². The zero-order chi connectivity index (χ0) is 17.8. The Labute approximate surface area is 147 Å². The van der Waals surface area contributed by atoms with Crippen LogP contribution in [0.25, 0.3) is 0 Å². The lowest BCUT2D eigenvalue weighted by molar-refractivity contribution is 0.0730. The van der Waals surface area contributed by atoms with Crippen molar-refractivity contribution in [2.45, 2.75) is 37.1 Å². The van der Waals surface area contributed by atoms with Gasteiger partial charge in [-0.3, -0.25) is 4.79 Å². The van der Waals surface area contributed by atoms with Crippen LogP contribution in [0, 0.1) is 0 Å². The molecule has 3 N–H and O–H groups in total. The van der Waals surface area contributed by atoms with Crippen molar-refractivity contribution in [3.63, 3.8) is 0 Å². The molecule has 0 radical (unpaired) electrons.